The first kappa shape index (κ1) is 10.7. The van der Waals surface area contributed by atoms with Crippen LogP contribution in [-0.2, 0) is 6.54 Å². The van der Waals surface area contributed by atoms with Gasteiger partial charge in [-0.2, -0.15) is 0 Å². The lowest BCUT2D eigenvalue weighted by atomic mass is 10.1. The number of aryl methyl sites for hydroxylation is 1. The van der Waals surface area contributed by atoms with Crippen molar-refractivity contribution in [3.8, 4) is 0 Å². The van der Waals surface area contributed by atoms with Gasteiger partial charge in [0.05, 0.1) is 0 Å². The average molecular weight is 246 g/mol. The van der Waals surface area contributed by atoms with E-state index < -0.39 is 0 Å². The Morgan fingerprint density at radius 2 is 2.00 bits per heavy atom. The van der Waals surface area contributed by atoms with Crippen LogP contribution in [0.5, 0.6) is 0 Å². The van der Waals surface area contributed by atoms with Crippen molar-refractivity contribution in [2.45, 2.75) is 13.5 Å². The number of rotatable bonds is 2. The van der Waals surface area contributed by atoms with Crippen molar-refractivity contribution in [1.29, 1.82) is 0 Å². The second-order valence-electron chi connectivity index (χ2n) is 3.43. The third-order valence-corrected chi connectivity index (χ3v) is 2.67. The molecular weight excluding hydrogens is 233 g/mol. The summed E-state index contributed by atoms with van der Waals surface area (Å²) < 4.78 is 14.3. The van der Waals surface area contributed by atoms with E-state index in [0.29, 0.717) is 6.54 Å². The lowest BCUT2D eigenvalue weighted by Crippen LogP contribution is -2.12. The van der Waals surface area contributed by atoms with E-state index in [2.05, 4.69) is 15.9 Å². The molecule has 0 saturated carbocycles. The summed E-state index contributed by atoms with van der Waals surface area (Å²) >= 11 is 3.38. The van der Waals surface area contributed by atoms with Gasteiger partial charge in [0.15, 0.2) is 0 Å². The van der Waals surface area contributed by atoms with Gasteiger partial charge in [-0.3, -0.25) is 0 Å². The largest absolute Gasteiger partial charge is 0.305 e. The maximum Gasteiger partial charge on any atom is 0.128 e. The molecule has 0 saturated heterocycles. The minimum absolute atomic E-state index is 0.130. The molecule has 0 bridgehead atoms. The molecule has 3 heteroatoms. The van der Waals surface area contributed by atoms with Gasteiger partial charge in [0, 0.05) is 16.6 Å². The van der Waals surface area contributed by atoms with Crippen molar-refractivity contribution in [3.05, 3.63) is 33.5 Å². The zero-order valence-corrected chi connectivity index (χ0v) is 9.65. The zero-order valence-electron chi connectivity index (χ0n) is 8.06. The van der Waals surface area contributed by atoms with E-state index in [-0.39, 0.29) is 5.82 Å². The van der Waals surface area contributed by atoms with Crippen LogP contribution in [0.25, 0.3) is 0 Å². The molecule has 0 aliphatic carbocycles. The number of hydrogen-bond acceptors (Lipinski definition) is 1. The molecule has 0 amide bonds. The van der Waals surface area contributed by atoms with Crippen LogP contribution in [0.2, 0.25) is 0 Å². The molecule has 0 fully saturated rings. The molecule has 72 valence electrons. The minimum Gasteiger partial charge on any atom is -0.305 e. The van der Waals surface area contributed by atoms with Gasteiger partial charge in [-0.1, -0.05) is 15.9 Å². The van der Waals surface area contributed by atoms with Crippen LogP contribution >= 0.6 is 15.9 Å². The maximum atomic E-state index is 13.3. The summed E-state index contributed by atoms with van der Waals surface area (Å²) in [5, 5.41) is 0. The zero-order chi connectivity index (χ0) is 10.0. The lowest BCUT2D eigenvalue weighted by molar-refractivity contribution is 0.392. The SMILES string of the molecule is Cc1cc(F)c(CN(C)C)cc1Br. The van der Waals surface area contributed by atoms with Crippen LogP contribution in [0, 0.1) is 12.7 Å². The van der Waals surface area contributed by atoms with Crippen molar-refractivity contribution < 1.29 is 4.39 Å². The van der Waals surface area contributed by atoms with E-state index in [4.69, 9.17) is 0 Å². The first-order valence-electron chi connectivity index (χ1n) is 4.10. The van der Waals surface area contributed by atoms with Gasteiger partial charge in [0.2, 0.25) is 0 Å². The van der Waals surface area contributed by atoms with Crippen LogP contribution < -0.4 is 0 Å². The molecule has 1 nitrogen and oxygen atoms in total. The first-order valence-corrected chi connectivity index (χ1v) is 4.89. The number of benzene rings is 1. The van der Waals surface area contributed by atoms with Gasteiger partial charge >= 0.3 is 0 Å². The maximum absolute atomic E-state index is 13.3. The third-order valence-electron chi connectivity index (χ3n) is 1.81. The Kier molecular flexibility index (Phi) is 3.45. The molecule has 0 aromatic heterocycles. The highest BCUT2D eigenvalue weighted by molar-refractivity contribution is 9.10. The Morgan fingerprint density at radius 3 is 2.54 bits per heavy atom. The molecular formula is C10H13BrFN. The van der Waals surface area contributed by atoms with Crippen LogP contribution in [-0.4, -0.2) is 19.0 Å². The number of nitrogens with zero attached hydrogens (tertiary/aromatic N) is 1. The first-order chi connectivity index (χ1) is 6.00. The molecule has 0 radical (unpaired) electrons. The van der Waals surface area contributed by atoms with Gasteiger partial charge in [0.1, 0.15) is 5.82 Å². The monoisotopic (exact) mass is 245 g/mol. The van der Waals surface area contributed by atoms with E-state index in [1.54, 1.807) is 6.07 Å². The second kappa shape index (κ2) is 4.20. The van der Waals surface area contributed by atoms with Crippen molar-refractivity contribution in [2.75, 3.05) is 14.1 Å². The van der Waals surface area contributed by atoms with Gasteiger partial charge in [-0.25, -0.2) is 4.39 Å². The highest BCUT2D eigenvalue weighted by atomic mass is 79.9. The van der Waals surface area contributed by atoms with Gasteiger partial charge in [0.25, 0.3) is 0 Å². The van der Waals surface area contributed by atoms with Crippen molar-refractivity contribution in [3.63, 3.8) is 0 Å². The summed E-state index contributed by atoms with van der Waals surface area (Å²) in [5.74, 6) is -0.130. The van der Waals surface area contributed by atoms with Crippen LogP contribution in [0.1, 0.15) is 11.1 Å². The molecule has 0 N–H and O–H groups in total. The van der Waals surface area contributed by atoms with E-state index in [0.717, 1.165) is 15.6 Å². The molecule has 0 atom stereocenters. The normalized spacial score (nSPS) is 10.9. The second-order valence-corrected chi connectivity index (χ2v) is 4.28. The quantitative estimate of drug-likeness (QED) is 0.775. The van der Waals surface area contributed by atoms with Crippen molar-refractivity contribution in [2.24, 2.45) is 0 Å². The molecule has 0 aliphatic heterocycles. The van der Waals surface area contributed by atoms with Crippen LogP contribution in [0.3, 0.4) is 0 Å². The van der Waals surface area contributed by atoms with E-state index >= 15 is 0 Å². The summed E-state index contributed by atoms with van der Waals surface area (Å²) in [5.41, 5.74) is 1.66. The summed E-state index contributed by atoms with van der Waals surface area (Å²) in [6, 6.07) is 3.40. The summed E-state index contributed by atoms with van der Waals surface area (Å²) in [6.45, 7) is 2.51. The Labute approximate surface area is 86.7 Å². The smallest absolute Gasteiger partial charge is 0.128 e. The summed E-state index contributed by atoms with van der Waals surface area (Å²) in [4.78, 5) is 1.94. The molecule has 0 heterocycles. The van der Waals surface area contributed by atoms with Gasteiger partial charge in [-0.05, 0) is 38.7 Å². The fourth-order valence-electron chi connectivity index (χ4n) is 1.15. The summed E-state index contributed by atoms with van der Waals surface area (Å²) in [7, 11) is 3.85. The molecule has 1 rings (SSSR count). The number of halogens is 2. The topological polar surface area (TPSA) is 3.24 Å². The highest BCUT2D eigenvalue weighted by Crippen LogP contribution is 2.21. The van der Waals surface area contributed by atoms with Crippen LogP contribution in [0.4, 0.5) is 4.39 Å². The third kappa shape index (κ3) is 2.78. The van der Waals surface area contributed by atoms with Gasteiger partial charge < -0.3 is 4.90 Å². The molecule has 1 aromatic carbocycles. The van der Waals surface area contributed by atoms with Crippen molar-refractivity contribution in [1.82, 2.24) is 4.90 Å². The van der Waals surface area contributed by atoms with E-state index in [9.17, 15) is 4.39 Å². The predicted octanol–water partition coefficient (Wildman–Crippen LogP) is 2.96. The lowest BCUT2D eigenvalue weighted by Gasteiger charge is -2.11. The average Bonchev–Trinajstić information content (AvgIpc) is 1.99. The standard InChI is InChI=1S/C10H13BrFN/c1-7-4-10(12)8(5-9(7)11)6-13(2)3/h4-5H,6H2,1-3H3. The summed E-state index contributed by atoms with van der Waals surface area (Å²) in [6.07, 6.45) is 0. The Bertz CT molecular complexity index is 310. The fourth-order valence-corrected chi connectivity index (χ4v) is 1.54. The van der Waals surface area contributed by atoms with Gasteiger partial charge in [-0.15, -0.1) is 0 Å². The Morgan fingerprint density at radius 1 is 1.38 bits per heavy atom. The van der Waals surface area contributed by atoms with E-state index in [1.807, 2.05) is 32.0 Å². The molecule has 1 aromatic rings. The van der Waals surface area contributed by atoms with Crippen molar-refractivity contribution >= 4 is 15.9 Å². The predicted molar refractivity (Wildman–Crippen MR) is 56.2 cm³/mol. The molecule has 13 heavy (non-hydrogen) atoms. The molecule has 0 aliphatic rings. The molecule has 0 unspecified atom stereocenters. The number of hydrogen-bond donors (Lipinski definition) is 0. The minimum atomic E-state index is -0.130. The fraction of sp³-hybridized carbons (Fsp3) is 0.400. The Hall–Kier alpha value is -0.410. The van der Waals surface area contributed by atoms with Crippen LogP contribution in [0.15, 0.2) is 16.6 Å². The Balaban J connectivity index is 3.01. The highest BCUT2D eigenvalue weighted by Gasteiger charge is 2.06. The molecule has 0 spiro atoms. The van der Waals surface area contributed by atoms with E-state index in [1.165, 1.54) is 0 Å².